The number of hydrogen-bond acceptors (Lipinski definition) is 2. The second kappa shape index (κ2) is 7.51. The molecule has 106 valence electrons. The van der Waals surface area contributed by atoms with E-state index in [2.05, 4.69) is 36.6 Å². The zero-order chi connectivity index (χ0) is 13.0. The average Bonchev–Trinajstić information content (AvgIpc) is 2.40. The molecule has 1 aliphatic heterocycles. The van der Waals surface area contributed by atoms with Gasteiger partial charge in [0.1, 0.15) is 0 Å². The molecule has 1 fully saturated rings. The molecule has 1 heterocycles. The van der Waals surface area contributed by atoms with Crippen LogP contribution in [-0.2, 0) is 4.79 Å². The molecule has 0 radical (unpaired) electrons. The standard InChI is InChI=1S/C15H22N2O.ClH/c1-11(2)12-6-8-13(9-7-12)17-15(18)14-5-3-4-10-16-14;/h6-9,11,14,16H,3-5,10H2,1-2H3,(H,17,18);1H/t14-;/m0./s1. The lowest BCUT2D eigenvalue weighted by Gasteiger charge is -2.22. The maximum absolute atomic E-state index is 12.0. The predicted molar refractivity (Wildman–Crippen MR) is 82.1 cm³/mol. The molecule has 2 rings (SSSR count). The van der Waals surface area contributed by atoms with Crippen LogP contribution in [0.5, 0.6) is 0 Å². The van der Waals surface area contributed by atoms with Crippen LogP contribution in [0.4, 0.5) is 5.69 Å². The summed E-state index contributed by atoms with van der Waals surface area (Å²) in [7, 11) is 0. The van der Waals surface area contributed by atoms with E-state index in [9.17, 15) is 4.79 Å². The van der Waals surface area contributed by atoms with Gasteiger partial charge in [-0.25, -0.2) is 0 Å². The molecule has 1 aliphatic rings. The molecule has 0 aromatic heterocycles. The van der Waals surface area contributed by atoms with E-state index in [0.29, 0.717) is 5.92 Å². The van der Waals surface area contributed by atoms with Crippen molar-refractivity contribution in [3.63, 3.8) is 0 Å². The Morgan fingerprint density at radius 1 is 1.26 bits per heavy atom. The molecular weight excluding hydrogens is 260 g/mol. The summed E-state index contributed by atoms with van der Waals surface area (Å²) in [5, 5.41) is 6.23. The van der Waals surface area contributed by atoms with Crippen molar-refractivity contribution < 1.29 is 4.79 Å². The summed E-state index contributed by atoms with van der Waals surface area (Å²) in [4.78, 5) is 12.0. The van der Waals surface area contributed by atoms with Crippen LogP contribution in [0.25, 0.3) is 0 Å². The van der Waals surface area contributed by atoms with E-state index < -0.39 is 0 Å². The third kappa shape index (κ3) is 4.51. The fourth-order valence-corrected chi connectivity index (χ4v) is 2.26. The smallest absolute Gasteiger partial charge is 0.241 e. The quantitative estimate of drug-likeness (QED) is 0.893. The summed E-state index contributed by atoms with van der Waals surface area (Å²) in [6.07, 6.45) is 3.25. The molecule has 0 saturated carbocycles. The number of halogens is 1. The van der Waals surface area contributed by atoms with Gasteiger partial charge in [0, 0.05) is 5.69 Å². The van der Waals surface area contributed by atoms with E-state index in [4.69, 9.17) is 0 Å². The van der Waals surface area contributed by atoms with Gasteiger partial charge in [0.05, 0.1) is 6.04 Å². The molecule has 1 aromatic carbocycles. The predicted octanol–water partition coefficient (Wildman–Crippen LogP) is 3.31. The van der Waals surface area contributed by atoms with Gasteiger partial charge in [0.2, 0.25) is 5.91 Å². The van der Waals surface area contributed by atoms with Gasteiger partial charge in [-0.2, -0.15) is 0 Å². The van der Waals surface area contributed by atoms with Gasteiger partial charge in [0.15, 0.2) is 0 Å². The summed E-state index contributed by atoms with van der Waals surface area (Å²) in [6, 6.07) is 8.10. The molecule has 3 nitrogen and oxygen atoms in total. The molecule has 0 bridgehead atoms. The monoisotopic (exact) mass is 282 g/mol. The lowest BCUT2D eigenvalue weighted by Crippen LogP contribution is -2.43. The first kappa shape index (κ1) is 16.0. The summed E-state index contributed by atoms with van der Waals surface area (Å²) < 4.78 is 0. The Balaban J connectivity index is 0.00000180. The van der Waals surface area contributed by atoms with Gasteiger partial charge in [-0.3, -0.25) is 4.79 Å². The van der Waals surface area contributed by atoms with E-state index in [1.807, 2.05) is 12.1 Å². The third-order valence-electron chi connectivity index (χ3n) is 3.47. The van der Waals surface area contributed by atoms with Crippen LogP contribution in [0, 0.1) is 0 Å². The summed E-state index contributed by atoms with van der Waals surface area (Å²) in [6.45, 7) is 5.28. The Labute approximate surface area is 121 Å². The Hall–Kier alpha value is -1.06. The van der Waals surface area contributed by atoms with Crippen LogP contribution in [0.2, 0.25) is 0 Å². The van der Waals surface area contributed by atoms with Crippen LogP contribution in [0.1, 0.15) is 44.6 Å². The van der Waals surface area contributed by atoms with Crippen molar-refractivity contribution in [2.45, 2.75) is 45.1 Å². The molecule has 4 heteroatoms. The molecule has 0 spiro atoms. The first-order valence-electron chi connectivity index (χ1n) is 6.81. The van der Waals surface area contributed by atoms with Crippen molar-refractivity contribution in [1.29, 1.82) is 0 Å². The van der Waals surface area contributed by atoms with E-state index >= 15 is 0 Å². The molecular formula is C15H23ClN2O. The lowest BCUT2D eigenvalue weighted by molar-refractivity contribution is -0.118. The number of nitrogens with one attached hydrogen (secondary N) is 2. The van der Waals surface area contributed by atoms with Crippen molar-refractivity contribution in [1.82, 2.24) is 5.32 Å². The largest absolute Gasteiger partial charge is 0.325 e. The van der Waals surface area contributed by atoms with Crippen molar-refractivity contribution in [3.8, 4) is 0 Å². The first-order chi connectivity index (χ1) is 8.66. The summed E-state index contributed by atoms with van der Waals surface area (Å²) in [5.41, 5.74) is 2.18. The number of anilines is 1. The molecule has 1 saturated heterocycles. The van der Waals surface area contributed by atoms with E-state index in [1.165, 1.54) is 12.0 Å². The number of piperidine rings is 1. The maximum atomic E-state index is 12.0. The first-order valence-corrected chi connectivity index (χ1v) is 6.81. The van der Waals surface area contributed by atoms with Gasteiger partial charge in [-0.15, -0.1) is 12.4 Å². The van der Waals surface area contributed by atoms with Gasteiger partial charge in [-0.05, 0) is 43.0 Å². The molecule has 0 unspecified atom stereocenters. The van der Waals surface area contributed by atoms with Gasteiger partial charge in [-0.1, -0.05) is 32.4 Å². The second-order valence-electron chi connectivity index (χ2n) is 5.27. The SMILES string of the molecule is CC(C)c1ccc(NC(=O)[C@@H]2CCCCN2)cc1.Cl. The minimum Gasteiger partial charge on any atom is -0.325 e. The summed E-state index contributed by atoms with van der Waals surface area (Å²) in [5.74, 6) is 0.613. The zero-order valence-corrected chi connectivity index (χ0v) is 12.4. The third-order valence-corrected chi connectivity index (χ3v) is 3.47. The number of benzene rings is 1. The Morgan fingerprint density at radius 3 is 2.47 bits per heavy atom. The molecule has 19 heavy (non-hydrogen) atoms. The van der Waals surface area contributed by atoms with Crippen molar-refractivity contribution in [2.24, 2.45) is 0 Å². The van der Waals surface area contributed by atoms with Crippen molar-refractivity contribution >= 4 is 24.0 Å². The van der Waals surface area contributed by atoms with Crippen LogP contribution < -0.4 is 10.6 Å². The highest BCUT2D eigenvalue weighted by Gasteiger charge is 2.20. The minimum atomic E-state index is -0.0245. The molecule has 0 aliphatic carbocycles. The van der Waals surface area contributed by atoms with E-state index in [1.54, 1.807) is 0 Å². The van der Waals surface area contributed by atoms with Gasteiger partial charge < -0.3 is 10.6 Å². The van der Waals surface area contributed by atoms with Crippen LogP contribution in [0.3, 0.4) is 0 Å². The molecule has 1 amide bonds. The number of rotatable bonds is 3. The zero-order valence-electron chi connectivity index (χ0n) is 11.6. The number of amides is 1. The number of hydrogen-bond donors (Lipinski definition) is 2. The fourth-order valence-electron chi connectivity index (χ4n) is 2.26. The van der Waals surface area contributed by atoms with E-state index in [0.717, 1.165) is 25.1 Å². The van der Waals surface area contributed by atoms with Crippen LogP contribution >= 0.6 is 12.4 Å². The Bertz CT molecular complexity index is 397. The highest BCUT2D eigenvalue weighted by Crippen LogP contribution is 2.17. The second-order valence-corrected chi connectivity index (χ2v) is 5.27. The lowest BCUT2D eigenvalue weighted by atomic mass is 10.0. The highest BCUT2D eigenvalue weighted by molar-refractivity contribution is 5.94. The summed E-state index contributed by atoms with van der Waals surface area (Å²) >= 11 is 0. The highest BCUT2D eigenvalue weighted by atomic mass is 35.5. The van der Waals surface area contributed by atoms with Crippen LogP contribution in [0.15, 0.2) is 24.3 Å². The Kier molecular flexibility index (Phi) is 6.32. The molecule has 1 aromatic rings. The van der Waals surface area contributed by atoms with Crippen molar-refractivity contribution in [3.05, 3.63) is 29.8 Å². The van der Waals surface area contributed by atoms with Gasteiger partial charge >= 0.3 is 0 Å². The Morgan fingerprint density at radius 2 is 1.95 bits per heavy atom. The average molecular weight is 283 g/mol. The molecule has 2 N–H and O–H groups in total. The fraction of sp³-hybridized carbons (Fsp3) is 0.533. The topological polar surface area (TPSA) is 41.1 Å². The van der Waals surface area contributed by atoms with Crippen LogP contribution in [-0.4, -0.2) is 18.5 Å². The number of carbonyl (C=O) groups excluding carboxylic acids is 1. The molecule has 1 atom stereocenters. The minimum absolute atomic E-state index is 0. The maximum Gasteiger partial charge on any atom is 0.241 e. The normalized spacial score (nSPS) is 18.8. The van der Waals surface area contributed by atoms with Crippen molar-refractivity contribution in [2.75, 3.05) is 11.9 Å². The van der Waals surface area contributed by atoms with Gasteiger partial charge in [0.25, 0.3) is 0 Å². The van der Waals surface area contributed by atoms with E-state index in [-0.39, 0.29) is 24.4 Å². The number of carbonyl (C=O) groups is 1.